The zero-order chi connectivity index (χ0) is 9.97. The number of rotatable bonds is 3. The Labute approximate surface area is 83.3 Å². The van der Waals surface area contributed by atoms with Crippen LogP contribution in [0.4, 0.5) is 0 Å². The van der Waals surface area contributed by atoms with E-state index in [0.717, 1.165) is 12.1 Å². The quantitative estimate of drug-likeness (QED) is 0.805. The number of nitrogens with zero attached hydrogens (tertiary/aromatic N) is 1. The van der Waals surface area contributed by atoms with Gasteiger partial charge in [-0.1, -0.05) is 0 Å². The van der Waals surface area contributed by atoms with E-state index in [0.29, 0.717) is 0 Å². The van der Waals surface area contributed by atoms with Crippen LogP contribution in [-0.4, -0.2) is 4.68 Å². The molecule has 2 heterocycles. The van der Waals surface area contributed by atoms with Gasteiger partial charge in [-0.2, -0.15) is 0 Å². The second-order valence-electron chi connectivity index (χ2n) is 3.42. The van der Waals surface area contributed by atoms with E-state index >= 15 is 0 Å². The molecule has 0 aliphatic carbocycles. The van der Waals surface area contributed by atoms with Gasteiger partial charge in [0.25, 0.3) is 0 Å². The summed E-state index contributed by atoms with van der Waals surface area (Å²) in [4.78, 5) is 0. The molecule has 0 radical (unpaired) electrons. The highest BCUT2D eigenvalue weighted by atomic mass is 16.3. The Morgan fingerprint density at radius 1 is 1.21 bits per heavy atom. The van der Waals surface area contributed by atoms with Crippen molar-refractivity contribution >= 4 is 0 Å². The lowest BCUT2D eigenvalue weighted by atomic mass is 10.3. The molecule has 0 saturated heterocycles. The third-order valence-corrected chi connectivity index (χ3v) is 2.29. The predicted molar refractivity (Wildman–Crippen MR) is 55.7 cm³/mol. The first kappa shape index (κ1) is 8.94. The molecule has 3 nitrogen and oxygen atoms in total. The molecule has 2 rings (SSSR count). The van der Waals surface area contributed by atoms with Crippen LogP contribution in [0.1, 0.15) is 17.0 Å². The summed E-state index contributed by atoms with van der Waals surface area (Å²) in [5.41, 5.74) is 6.90. The number of hydrogen-bond donors (Lipinski definition) is 1. The first-order valence-corrected chi connectivity index (χ1v) is 4.67. The summed E-state index contributed by atoms with van der Waals surface area (Å²) >= 11 is 0. The number of aromatic nitrogens is 1. The molecule has 1 N–H and O–H groups in total. The van der Waals surface area contributed by atoms with Gasteiger partial charge in [0.2, 0.25) is 0 Å². The van der Waals surface area contributed by atoms with Crippen molar-refractivity contribution in [2.24, 2.45) is 0 Å². The molecule has 2 aromatic rings. The molecule has 0 saturated carbocycles. The molecule has 0 aliphatic rings. The molecule has 0 bridgehead atoms. The lowest BCUT2D eigenvalue weighted by Gasteiger charge is -2.11. The minimum atomic E-state index is 0.785. The van der Waals surface area contributed by atoms with E-state index in [1.165, 1.54) is 11.4 Å². The van der Waals surface area contributed by atoms with Crippen molar-refractivity contribution in [3.63, 3.8) is 0 Å². The molecule has 74 valence electrons. The van der Waals surface area contributed by atoms with E-state index < -0.39 is 0 Å². The van der Waals surface area contributed by atoms with Gasteiger partial charge in [0, 0.05) is 17.0 Å². The molecule has 0 amide bonds. The summed E-state index contributed by atoms with van der Waals surface area (Å²) < 4.78 is 7.07. The van der Waals surface area contributed by atoms with E-state index in [1.54, 1.807) is 12.5 Å². The van der Waals surface area contributed by atoms with Crippen LogP contribution >= 0.6 is 0 Å². The molecule has 2 aromatic heterocycles. The zero-order valence-corrected chi connectivity index (χ0v) is 8.45. The topological polar surface area (TPSA) is 30.1 Å². The second-order valence-corrected chi connectivity index (χ2v) is 3.42. The van der Waals surface area contributed by atoms with Crippen LogP contribution < -0.4 is 5.43 Å². The highest BCUT2D eigenvalue weighted by molar-refractivity contribution is 5.16. The molecule has 0 unspecified atom stereocenters. The molecule has 14 heavy (non-hydrogen) atoms. The average molecular weight is 190 g/mol. The average Bonchev–Trinajstić information content (AvgIpc) is 2.76. The monoisotopic (exact) mass is 190 g/mol. The molecule has 0 atom stereocenters. The predicted octanol–water partition coefficient (Wildman–Crippen LogP) is 2.44. The SMILES string of the molecule is Cc1ccc(C)n1NCc1ccoc1. The zero-order valence-electron chi connectivity index (χ0n) is 8.45. The maximum Gasteiger partial charge on any atom is 0.0953 e. The van der Waals surface area contributed by atoms with E-state index in [2.05, 4.69) is 36.1 Å². The van der Waals surface area contributed by atoms with Crippen molar-refractivity contribution in [2.45, 2.75) is 20.4 Å². The Morgan fingerprint density at radius 2 is 1.93 bits per heavy atom. The maximum absolute atomic E-state index is 5.00. The van der Waals surface area contributed by atoms with Gasteiger partial charge in [0.15, 0.2) is 0 Å². The van der Waals surface area contributed by atoms with Crippen molar-refractivity contribution in [3.8, 4) is 0 Å². The fourth-order valence-electron chi connectivity index (χ4n) is 1.48. The summed E-state index contributed by atoms with van der Waals surface area (Å²) in [5, 5.41) is 0. The molecule has 3 heteroatoms. The van der Waals surface area contributed by atoms with Gasteiger partial charge in [-0.15, -0.1) is 0 Å². The Kier molecular flexibility index (Phi) is 2.31. The summed E-state index contributed by atoms with van der Waals surface area (Å²) in [7, 11) is 0. The summed E-state index contributed by atoms with van der Waals surface area (Å²) in [6, 6.07) is 6.15. The third kappa shape index (κ3) is 1.66. The van der Waals surface area contributed by atoms with E-state index in [-0.39, 0.29) is 0 Å². The van der Waals surface area contributed by atoms with Gasteiger partial charge in [-0.3, -0.25) is 4.68 Å². The van der Waals surface area contributed by atoms with Crippen LogP contribution in [0.2, 0.25) is 0 Å². The molecule has 0 fully saturated rings. The van der Waals surface area contributed by atoms with Gasteiger partial charge in [0.1, 0.15) is 0 Å². The van der Waals surface area contributed by atoms with E-state index in [9.17, 15) is 0 Å². The van der Waals surface area contributed by atoms with Crippen LogP contribution in [0.5, 0.6) is 0 Å². The van der Waals surface area contributed by atoms with Crippen LogP contribution in [-0.2, 0) is 6.54 Å². The standard InChI is InChI=1S/C11H14N2O/c1-9-3-4-10(2)13(9)12-7-11-5-6-14-8-11/h3-6,8,12H,7H2,1-2H3. The van der Waals surface area contributed by atoms with Crippen molar-refractivity contribution in [1.82, 2.24) is 4.68 Å². The fourth-order valence-corrected chi connectivity index (χ4v) is 1.48. The lowest BCUT2D eigenvalue weighted by molar-refractivity contribution is 0.563. The minimum absolute atomic E-state index is 0.785. The van der Waals surface area contributed by atoms with Crippen LogP contribution in [0.15, 0.2) is 35.1 Å². The molecule has 0 spiro atoms. The molecular formula is C11H14N2O. The second kappa shape index (κ2) is 3.62. The summed E-state index contributed by atoms with van der Waals surface area (Å²) in [6.07, 6.45) is 3.44. The first-order chi connectivity index (χ1) is 6.77. The Balaban J connectivity index is 2.05. The Bertz CT molecular complexity index is 381. The highest BCUT2D eigenvalue weighted by Gasteiger charge is 2.00. The van der Waals surface area contributed by atoms with Crippen LogP contribution in [0, 0.1) is 13.8 Å². The van der Waals surface area contributed by atoms with Crippen molar-refractivity contribution in [2.75, 3.05) is 5.43 Å². The van der Waals surface area contributed by atoms with Gasteiger partial charge in [-0.25, -0.2) is 0 Å². The van der Waals surface area contributed by atoms with Crippen LogP contribution in [0.25, 0.3) is 0 Å². The number of hydrogen-bond acceptors (Lipinski definition) is 2. The number of furan rings is 1. The minimum Gasteiger partial charge on any atom is -0.472 e. The molecular weight excluding hydrogens is 176 g/mol. The lowest BCUT2D eigenvalue weighted by Crippen LogP contribution is -2.16. The third-order valence-electron chi connectivity index (χ3n) is 2.29. The van der Waals surface area contributed by atoms with Crippen molar-refractivity contribution in [3.05, 3.63) is 47.7 Å². The fraction of sp³-hybridized carbons (Fsp3) is 0.273. The highest BCUT2D eigenvalue weighted by Crippen LogP contribution is 2.06. The van der Waals surface area contributed by atoms with E-state index in [1.807, 2.05) is 6.07 Å². The van der Waals surface area contributed by atoms with E-state index in [4.69, 9.17) is 4.42 Å². The normalized spacial score (nSPS) is 10.4. The number of nitrogens with one attached hydrogen (secondary N) is 1. The maximum atomic E-state index is 5.00. The van der Waals surface area contributed by atoms with Crippen LogP contribution in [0.3, 0.4) is 0 Å². The Morgan fingerprint density at radius 3 is 2.50 bits per heavy atom. The first-order valence-electron chi connectivity index (χ1n) is 4.67. The smallest absolute Gasteiger partial charge is 0.0953 e. The van der Waals surface area contributed by atoms with Gasteiger partial charge < -0.3 is 9.84 Å². The molecule has 0 aliphatic heterocycles. The molecule has 0 aromatic carbocycles. The van der Waals surface area contributed by atoms with Crippen molar-refractivity contribution < 1.29 is 4.42 Å². The van der Waals surface area contributed by atoms with Gasteiger partial charge in [-0.05, 0) is 32.0 Å². The summed E-state index contributed by atoms with van der Waals surface area (Å²) in [5.74, 6) is 0. The van der Waals surface area contributed by atoms with Gasteiger partial charge >= 0.3 is 0 Å². The number of aryl methyl sites for hydroxylation is 2. The van der Waals surface area contributed by atoms with Crippen molar-refractivity contribution in [1.29, 1.82) is 0 Å². The Hall–Kier alpha value is -1.64. The van der Waals surface area contributed by atoms with Gasteiger partial charge in [0.05, 0.1) is 19.1 Å². The largest absolute Gasteiger partial charge is 0.472 e. The summed E-state index contributed by atoms with van der Waals surface area (Å²) in [6.45, 7) is 4.94.